The Labute approximate surface area is 138 Å². The molecular weight excluding hydrogens is 309 g/mol. The third kappa shape index (κ3) is 3.46. The second-order valence-electron chi connectivity index (χ2n) is 5.25. The summed E-state index contributed by atoms with van der Waals surface area (Å²) >= 11 is 0. The van der Waals surface area contributed by atoms with E-state index in [9.17, 15) is 9.18 Å². The number of amides is 1. The lowest BCUT2D eigenvalue weighted by molar-refractivity contribution is 0.0943. The highest BCUT2D eigenvalue weighted by Crippen LogP contribution is 2.24. The molecule has 0 radical (unpaired) electrons. The van der Waals surface area contributed by atoms with Crippen LogP contribution in [0.3, 0.4) is 0 Å². The lowest BCUT2D eigenvalue weighted by Gasteiger charge is -2.10. The molecule has 0 unspecified atom stereocenters. The van der Waals surface area contributed by atoms with Gasteiger partial charge in [0.2, 0.25) is 0 Å². The first-order valence-electron chi connectivity index (χ1n) is 7.52. The maximum absolute atomic E-state index is 13.6. The van der Waals surface area contributed by atoms with Crippen LogP contribution in [0, 0.1) is 5.82 Å². The molecule has 3 rings (SSSR count). The molecular formula is C19H16FNO3. The third-order valence-electron chi connectivity index (χ3n) is 3.59. The summed E-state index contributed by atoms with van der Waals surface area (Å²) in [5, 5.41) is 13.8. The van der Waals surface area contributed by atoms with Crippen molar-refractivity contribution < 1.29 is 19.0 Å². The zero-order valence-corrected chi connectivity index (χ0v) is 12.8. The number of benzene rings is 3. The summed E-state index contributed by atoms with van der Waals surface area (Å²) < 4.78 is 19.3. The molecule has 1 amide bonds. The predicted octanol–water partition coefficient (Wildman–Crippen LogP) is 3.49. The summed E-state index contributed by atoms with van der Waals surface area (Å²) in [5.74, 6) is -0.794. The number of hydrogen-bond donors (Lipinski definition) is 2. The molecule has 0 fully saturated rings. The van der Waals surface area contributed by atoms with E-state index in [1.807, 2.05) is 42.5 Å². The summed E-state index contributed by atoms with van der Waals surface area (Å²) in [4.78, 5) is 11.9. The molecule has 0 aliphatic rings. The van der Waals surface area contributed by atoms with Gasteiger partial charge in [-0.3, -0.25) is 4.79 Å². The average molecular weight is 325 g/mol. The molecule has 5 heteroatoms. The highest BCUT2D eigenvalue weighted by Gasteiger charge is 2.11. The van der Waals surface area contributed by atoms with E-state index in [1.165, 1.54) is 12.1 Å². The largest absolute Gasteiger partial charge is 0.508 e. The van der Waals surface area contributed by atoms with Gasteiger partial charge in [-0.05, 0) is 23.6 Å². The number of aromatic hydroxyl groups is 1. The first-order valence-corrected chi connectivity index (χ1v) is 7.52. The molecule has 122 valence electrons. The van der Waals surface area contributed by atoms with Crippen LogP contribution >= 0.6 is 0 Å². The van der Waals surface area contributed by atoms with Crippen LogP contribution in [0.4, 0.5) is 4.39 Å². The second kappa shape index (κ2) is 7.00. The summed E-state index contributed by atoms with van der Waals surface area (Å²) in [6, 6.07) is 17.0. The Hall–Kier alpha value is -3.08. The van der Waals surface area contributed by atoms with Gasteiger partial charge in [0.25, 0.3) is 5.91 Å². The number of rotatable bonds is 5. The van der Waals surface area contributed by atoms with Crippen molar-refractivity contribution in [2.75, 3.05) is 13.2 Å². The molecule has 0 heterocycles. The predicted molar refractivity (Wildman–Crippen MR) is 89.8 cm³/mol. The van der Waals surface area contributed by atoms with E-state index >= 15 is 0 Å². The van der Waals surface area contributed by atoms with E-state index in [0.29, 0.717) is 0 Å². The summed E-state index contributed by atoms with van der Waals surface area (Å²) in [6.07, 6.45) is 0. The molecule has 0 aliphatic heterocycles. The standard InChI is InChI=1S/C19H16FNO3/c20-17-12-14(22)8-9-16(17)19(23)21-10-11-24-18-7-3-5-13-4-1-2-6-15(13)18/h1-9,12,22H,10-11H2,(H,21,23). The van der Waals surface area contributed by atoms with Crippen molar-refractivity contribution in [3.63, 3.8) is 0 Å². The van der Waals surface area contributed by atoms with Crippen molar-refractivity contribution in [2.45, 2.75) is 0 Å². The van der Waals surface area contributed by atoms with Crippen molar-refractivity contribution in [1.29, 1.82) is 0 Å². The number of halogens is 1. The van der Waals surface area contributed by atoms with Crippen LogP contribution in [-0.4, -0.2) is 24.2 Å². The van der Waals surface area contributed by atoms with Gasteiger partial charge < -0.3 is 15.2 Å². The topological polar surface area (TPSA) is 58.6 Å². The van der Waals surface area contributed by atoms with Crippen molar-refractivity contribution in [1.82, 2.24) is 5.32 Å². The van der Waals surface area contributed by atoms with Crippen LogP contribution in [-0.2, 0) is 0 Å². The monoisotopic (exact) mass is 325 g/mol. The Kier molecular flexibility index (Phi) is 4.61. The van der Waals surface area contributed by atoms with Crippen LogP contribution in [0.2, 0.25) is 0 Å². The van der Waals surface area contributed by atoms with Crippen molar-refractivity contribution in [2.24, 2.45) is 0 Å². The van der Waals surface area contributed by atoms with Gasteiger partial charge in [-0.15, -0.1) is 0 Å². The molecule has 3 aromatic carbocycles. The van der Waals surface area contributed by atoms with Gasteiger partial charge in [0.05, 0.1) is 12.1 Å². The molecule has 0 aromatic heterocycles. The number of carbonyl (C=O) groups excluding carboxylic acids is 1. The highest BCUT2D eigenvalue weighted by atomic mass is 19.1. The second-order valence-corrected chi connectivity index (χ2v) is 5.25. The maximum Gasteiger partial charge on any atom is 0.254 e. The third-order valence-corrected chi connectivity index (χ3v) is 3.59. The molecule has 0 saturated carbocycles. The summed E-state index contributed by atoms with van der Waals surface area (Å²) in [7, 11) is 0. The fourth-order valence-corrected chi connectivity index (χ4v) is 2.43. The Morgan fingerprint density at radius 1 is 1.08 bits per heavy atom. The number of ether oxygens (including phenoxy) is 1. The summed E-state index contributed by atoms with van der Waals surface area (Å²) in [6.45, 7) is 0.502. The number of fused-ring (bicyclic) bond motifs is 1. The van der Waals surface area contributed by atoms with Crippen molar-refractivity contribution >= 4 is 16.7 Å². The van der Waals surface area contributed by atoms with Gasteiger partial charge in [0, 0.05) is 11.5 Å². The van der Waals surface area contributed by atoms with Gasteiger partial charge in [-0.1, -0.05) is 36.4 Å². The fraction of sp³-hybridized carbons (Fsp3) is 0.105. The first-order chi connectivity index (χ1) is 11.6. The van der Waals surface area contributed by atoms with Crippen LogP contribution < -0.4 is 10.1 Å². The summed E-state index contributed by atoms with van der Waals surface area (Å²) in [5.41, 5.74) is -0.113. The van der Waals surface area contributed by atoms with E-state index in [-0.39, 0.29) is 24.5 Å². The molecule has 3 aromatic rings. The quantitative estimate of drug-likeness (QED) is 0.706. The highest BCUT2D eigenvalue weighted by molar-refractivity contribution is 5.94. The van der Waals surface area contributed by atoms with Crippen LogP contribution in [0.1, 0.15) is 10.4 Å². The number of phenolic OH excluding ortho intramolecular Hbond substituents is 1. The minimum atomic E-state index is -0.762. The van der Waals surface area contributed by atoms with Crippen LogP contribution in [0.25, 0.3) is 10.8 Å². The molecule has 2 N–H and O–H groups in total. The molecule has 0 bridgehead atoms. The molecule has 0 atom stereocenters. The number of hydrogen-bond acceptors (Lipinski definition) is 3. The number of carbonyl (C=O) groups is 1. The van der Waals surface area contributed by atoms with Gasteiger partial charge >= 0.3 is 0 Å². The van der Waals surface area contributed by atoms with E-state index in [2.05, 4.69) is 5.32 Å². The molecule has 0 saturated heterocycles. The Bertz CT molecular complexity index is 874. The number of phenols is 1. The normalized spacial score (nSPS) is 10.5. The minimum absolute atomic E-state index is 0.113. The van der Waals surface area contributed by atoms with E-state index in [1.54, 1.807) is 0 Å². The molecule has 4 nitrogen and oxygen atoms in total. The SMILES string of the molecule is O=C(NCCOc1cccc2ccccc12)c1ccc(O)cc1F. The zero-order valence-electron chi connectivity index (χ0n) is 12.8. The van der Waals surface area contributed by atoms with Crippen molar-refractivity contribution in [3.8, 4) is 11.5 Å². The minimum Gasteiger partial charge on any atom is -0.508 e. The van der Waals surface area contributed by atoms with Crippen LogP contribution in [0.5, 0.6) is 11.5 Å². The maximum atomic E-state index is 13.6. The molecule has 0 spiro atoms. The Morgan fingerprint density at radius 3 is 2.71 bits per heavy atom. The average Bonchev–Trinajstić information content (AvgIpc) is 2.58. The smallest absolute Gasteiger partial charge is 0.254 e. The lowest BCUT2D eigenvalue weighted by atomic mass is 10.1. The van der Waals surface area contributed by atoms with Gasteiger partial charge in [-0.25, -0.2) is 4.39 Å². The first kappa shape index (κ1) is 15.8. The van der Waals surface area contributed by atoms with E-state index < -0.39 is 11.7 Å². The Balaban J connectivity index is 1.58. The fourth-order valence-electron chi connectivity index (χ4n) is 2.43. The van der Waals surface area contributed by atoms with Gasteiger partial charge in [-0.2, -0.15) is 0 Å². The lowest BCUT2D eigenvalue weighted by Crippen LogP contribution is -2.28. The Morgan fingerprint density at radius 2 is 1.88 bits per heavy atom. The molecule has 0 aliphatic carbocycles. The molecule has 24 heavy (non-hydrogen) atoms. The van der Waals surface area contributed by atoms with Crippen molar-refractivity contribution in [3.05, 3.63) is 72.0 Å². The van der Waals surface area contributed by atoms with Crippen LogP contribution in [0.15, 0.2) is 60.7 Å². The van der Waals surface area contributed by atoms with E-state index in [0.717, 1.165) is 22.6 Å². The number of nitrogens with one attached hydrogen (secondary N) is 1. The van der Waals surface area contributed by atoms with E-state index in [4.69, 9.17) is 9.84 Å². The zero-order chi connectivity index (χ0) is 16.9. The van der Waals surface area contributed by atoms with Gasteiger partial charge in [0.15, 0.2) is 0 Å². The van der Waals surface area contributed by atoms with Gasteiger partial charge in [0.1, 0.15) is 23.9 Å².